The molecule has 0 aliphatic heterocycles. The third kappa shape index (κ3) is 3.71. The Morgan fingerprint density at radius 3 is 2.54 bits per heavy atom. The number of halogens is 2. The third-order valence-corrected chi connectivity index (χ3v) is 5.57. The number of anilines is 3. The molecule has 1 aliphatic carbocycles. The average molecular weight is 387 g/mol. The summed E-state index contributed by atoms with van der Waals surface area (Å²) in [5, 5.41) is 8.82. The van der Waals surface area contributed by atoms with E-state index in [1.54, 1.807) is 6.07 Å². The lowest BCUT2D eigenvalue weighted by Crippen LogP contribution is -2.23. The van der Waals surface area contributed by atoms with Gasteiger partial charge in [0.15, 0.2) is 0 Å². The number of aromatic nitrogens is 2. The van der Waals surface area contributed by atoms with Gasteiger partial charge in [-0.2, -0.15) is 4.98 Å². The smallest absolute Gasteiger partial charge is 0.229 e. The molecule has 1 fully saturated rings. The van der Waals surface area contributed by atoms with Crippen molar-refractivity contribution in [2.24, 2.45) is 0 Å². The van der Waals surface area contributed by atoms with Gasteiger partial charge in [0.2, 0.25) is 5.95 Å². The minimum atomic E-state index is 0.463. The van der Waals surface area contributed by atoms with E-state index in [-0.39, 0.29) is 0 Å². The van der Waals surface area contributed by atoms with Crippen LogP contribution >= 0.6 is 23.2 Å². The highest BCUT2D eigenvalue weighted by molar-refractivity contribution is 6.43. The van der Waals surface area contributed by atoms with Crippen LogP contribution in [0.25, 0.3) is 10.9 Å². The Balaban J connectivity index is 1.70. The van der Waals surface area contributed by atoms with Crippen molar-refractivity contribution in [2.45, 2.75) is 38.1 Å². The van der Waals surface area contributed by atoms with Gasteiger partial charge in [0.05, 0.1) is 21.2 Å². The molecule has 0 bridgehead atoms. The number of nitrogens with zero attached hydrogens (tertiary/aromatic N) is 2. The van der Waals surface area contributed by atoms with Crippen molar-refractivity contribution >= 4 is 51.6 Å². The highest BCUT2D eigenvalue weighted by atomic mass is 35.5. The Morgan fingerprint density at radius 1 is 0.885 bits per heavy atom. The molecule has 1 heterocycles. The molecule has 3 aromatic rings. The van der Waals surface area contributed by atoms with Gasteiger partial charge < -0.3 is 10.6 Å². The number of benzene rings is 2. The standard InChI is InChI=1S/C20H20Cl2N4/c21-15-10-6-12-17(18(15)22)25-20-24-16-11-5-4-9-14(16)19(26-20)23-13-7-2-1-3-8-13/h4-6,9-13H,1-3,7-8H2,(H2,23,24,25,26). The molecule has 1 aliphatic rings. The Morgan fingerprint density at radius 2 is 1.69 bits per heavy atom. The van der Waals surface area contributed by atoms with E-state index in [9.17, 15) is 0 Å². The molecule has 134 valence electrons. The van der Waals surface area contributed by atoms with Crippen LogP contribution in [0.4, 0.5) is 17.5 Å². The van der Waals surface area contributed by atoms with Crippen LogP contribution in [0.1, 0.15) is 32.1 Å². The molecule has 0 spiro atoms. The molecule has 1 saturated carbocycles. The summed E-state index contributed by atoms with van der Waals surface area (Å²) >= 11 is 12.4. The zero-order valence-electron chi connectivity index (χ0n) is 14.3. The highest BCUT2D eigenvalue weighted by Gasteiger charge is 2.16. The molecule has 1 aromatic heterocycles. The summed E-state index contributed by atoms with van der Waals surface area (Å²) in [7, 11) is 0. The first-order chi connectivity index (χ1) is 12.7. The van der Waals surface area contributed by atoms with E-state index in [1.807, 2.05) is 30.3 Å². The van der Waals surface area contributed by atoms with Crippen LogP contribution in [0.3, 0.4) is 0 Å². The Bertz CT molecular complexity index is 923. The number of hydrogen-bond acceptors (Lipinski definition) is 4. The zero-order valence-corrected chi connectivity index (χ0v) is 15.8. The summed E-state index contributed by atoms with van der Waals surface area (Å²) in [5.41, 5.74) is 1.58. The first-order valence-electron chi connectivity index (χ1n) is 8.95. The van der Waals surface area contributed by atoms with E-state index < -0.39 is 0 Å². The Hall–Kier alpha value is -2.04. The van der Waals surface area contributed by atoms with Gasteiger partial charge in [-0.3, -0.25) is 0 Å². The topological polar surface area (TPSA) is 49.8 Å². The molecule has 0 unspecified atom stereocenters. The van der Waals surface area contributed by atoms with E-state index in [0.29, 0.717) is 27.7 Å². The average Bonchev–Trinajstić information content (AvgIpc) is 2.66. The number of fused-ring (bicyclic) bond motifs is 1. The fourth-order valence-corrected chi connectivity index (χ4v) is 3.75. The quantitative estimate of drug-likeness (QED) is 0.542. The minimum Gasteiger partial charge on any atom is -0.367 e. The van der Waals surface area contributed by atoms with E-state index in [1.165, 1.54) is 32.1 Å². The van der Waals surface area contributed by atoms with Crippen LogP contribution in [-0.2, 0) is 0 Å². The fraction of sp³-hybridized carbons (Fsp3) is 0.300. The van der Waals surface area contributed by atoms with Gasteiger partial charge in [-0.05, 0) is 37.1 Å². The van der Waals surface area contributed by atoms with Crippen LogP contribution in [0, 0.1) is 0 Å². The maximum absolute atomic E-state index is 6.29. The van der Waals surface area contributed by atoms with Gasteiger partial charge >= 0.3 is 0 Å². The van der Waals surface area contributed by atoms with Gasteiger partial charge in [0, 0.05) is 11.4 Å². The van der Waals surface area contributed by atoms with Crippen molar-refractivity contribution in [1.82, 2.24) is 9.97 Å². The molecule has 0 amide bonds. The third-order valence-electron chi connectivity index (χ3n) is 4.75. The second kappa shape index (κ2) is 7.68. The maximum Gasteiger partial charge on any atom is 0.229 e. The van der Waals surface area contributed by atoms with Crippen LogP contribution < -0.4 is 10.6 Å². The lowest BCUT2D eigenvalue weighted by Gasteiger charge is -2.24. The highest BCUT2D eigenvalue weighted by Crippen LogP contribution is 2.32. The summed E-state index contributed by atoms with van der Waals surface area (Å²) in [6.07, 6.45) is 6.22. The van der Waals surface area contributed by atoms with E-state index >= 15 is 0 Å². The van der Waals surface area contributed by atoms with Crippen LogP contribution in [0.2, 0.25) is 10.0 Å². The molecule has 2 aromatic carbocycles. The molecular formula is C20H20Cl2N4. The lowest BCUT2D eigenvalue weighted by molar-refractivity contribution is 0.462. The molecule has 2 N–H and O–H groups in total. The van der Waals surface area contributed by atoms with Crippen molar-refractivity contribution in [3.8, 4) is 0 Å². The lowest BCUT2D eigenvalue weighted by atomic mass is 9.95. The van der Waals surface area contributed by atoms with Crippen molar-refractivity contribution in [1.29, 1.82) is 0 Å². The van der Waals surface area contributed by atoms with Crippen molar-refractivity contribution in [2.75, 3.05) is 10.6 Å². The molecule has 4 nitrogen and oxygen atoms in total. The van der Waals surface area contributed by atoms with Gasteiger partial charge in [-0.25, -0.2) is 4.98 Å². The summed E-state index contributed by atoms with van der Waals surface area (Å²) in [6.45, 7) is 0. The number of nitrogens with one attached hydrogen (secondary N) is 2. The van der Waals surface area contributed by atoms with Crippen molar-refractivity contribution < 1.29 is 0 Å². The summed E-state index contributed by atoms with van der Waals surface area (Å²) in [5.74, 6) is 1.37. The van der Waals surface area contributed by atoms with Gasteiger partial charge in [-0.1, -0.05) is 60.7 Å². The predicted octanol–water partition coefficient (Wildman–Crippen LogP) is 6.42. The summed E-state index contributed by atoms with van der Waals surface area (Å²) < 4.78 is 0. The Labute approximate surface area is 162 Å². The van der Waals surface area contributed by atoms with E-state index in [4.69, 9.17) is 28.2 Å². The molecule has 6 heteroatoms. The molecular weight excluding hydrogens is 367 g/mol. The van der Waals surface area contributed by atoms with Crippen molar-refractivity contribution in [3.05, 3.63) is 52.5 Å². The Kier molecular flexibility index (Phi) is 5.14. The monoisotopic (exact) mass is 386 g/mol. The van der Waals surface area contributed by atoms with Gasteiger partial charge in [0.1, 0.15) is 5.82 Å². The molecule has 0 radical (unpaired) electrons. The van der Waals surface area contributed by atoms with Crippen LogP contribution in [-0.4, -0.2) is 16.0 Å². The number of hydrogen-bond donors (Lipinski definition) is 2. The minimum absolute atomic E-state index is 0.463. The summed E-state index contributed by atoms with van der Waals surface area (Å²) in [4.78, 5) is 9.36. The first-order valence-corrected chi connectivity index (χ1v) is 9.70. The first kappa shape index (κ1) is 17.4. The van der Waals surface area contributed by atoms with Gasteiger partial charge in [0.25, 0.3) is 0 Å². The molecule has 4 rings (SSSR count). The molecule has 26 heavy (non-hydrogen) atoms. The molecule has 0 atom stereocenters. The SMILES string of the molecule is Clc1cccc(Nc2nc(NC3CCCCC3)c3ccccc3n2)c1Cl. The zero-order chi connectivity index (χ0) is 17.9. The maximum atomic E-state index is 6.29. The fourth-order valence-electron chi connectivity index (χ4n) is 3.40. The van der Waals surface area contributed by atoms with Crippen LogP contribution in [0.15, 0.2) is 42.5 Å². The van der Waals surface area contributed by atoms with Crippen LogP contribution in [0.5, 0.6) is 0 Å². The number of para-hydroxylation sites is 1. The predicted molar refractivity (Wildman–Crippen MR) is 110 cm³/mol. The molecule has 0 saturated heterocycles. The van der Waals surface area contributed by atoms with E-state index in [0.717, 1.165) is 16.7 Å². The van der Waals surface area contributed by atoms with E-state index in [2.05, 4.69) is 21.7 Å². The largest absolute Gasteiger partial charge is 0.367 e. The number of rotatable bonds is 4. The van der Waals surface area contributed by atoms with Crippen molar-refractivity contribution in [3.63, 3.8) is 0 Å². The second-order valence-electron chi connectivity index (χ2n) is 6.62. The van der Waals surface area contributed by atoms with Gasteiger partial charge in [-0.15, -0.1) is 0 Å². The normalized spacial score (nSPS) is 15.2. The summed E-state index contributed by atoms with van der Waals surface area (Å²) in [6, 6.07) is 14.0. The second-order valence-corrected chi connectivity index (χ2v) is 7.40.